The van der Waals surface area contributed by atoms with Gasteiger partial charge in [0.15, 0.2) is 5.82 Å². The molecule has 4 aromatic rings. The zero-order valence-corrected chi connectivity index (χ0v) is 21.8. The van der Waals surface area contributed by atoms with E-state index in [9.17, 15) is 4.79 Å². The summed E-state index contributed by atoms with van der Waals surface area (Å²) in [5.74, 6) is 1.89. The van der Waals surface area contributed by atoms with Gasteiger partial charge in [-0.15, -0.1) is 0 Å². The first-order valence-electron chi connectivity index (χ1n) is 12.9. The van der Waals surface area contributed by atoms with Crippen LogP contribution >= 0.6 is 0 Å². The molecule has 0 aliphatic carbocycles. The molecule has 0 radical (unpaired) electrons. The first-order chi connectivity index (χ1) is 18.4. The van der Waals surface area contributed by atoms with Gasteiger partial charge in [0.2, 0.25) is 5.91 Å². The molecule has 6 rings (SSSR count). The Labute approximate surface area is 220 Å². The number of amides is 1. The molecular formula is C28H31FN8O. The van der Waals surface area contributed by atoms with Gasteiger partial charge in [0.05, 0.1) is 0 Å². The summed E-state index contributed by atoms with van der Waals surface area (Å²) in [7, 11) is 3.79. The van der Waals surface area contributed by atoms with Gasteiger partial charge in [0, 0.05) is 79.8 Å². The number of anilines is 3. The number of nitrogens with zero attached hydrogens (tertiary/aromatic N) is 6. The molecule has 2 aliphatic rings. The van der Waals surface area contributed by atoms with E-state index in [-0.39, 0.29) is 18.3 Å². The number of hydrogen-bond acceptors (Lipinski definition) is 7. The van der Waals surface area contributed by atoms with Crippen LogP contribution in [0.1, 0.15) is 17.7 Å². The highest BCUT2D eigenvalue weighted by atomic mass is 19.1. The molecule has 2 N–H and O–H groups in total. The SMILES string of the molecule is CN[C@@H]1CCN(c2cc(C)c(-c3cc4cc(Nc5cc6n(n5)CC(=O)N(C)CC6)ncc4cc3F)cn2)C1. The van der Waals surface area contributed by atoms with Crippen LogP contribution in [0.4, 0.5) is 21.8 Å². The van der Waals surface area contributed by atoms with E-state index in [2.05, 4.69) is 30.6 Å². The van der Waals surface area contributed by atoms with Crippen molar-refractivity contribution in [3.63, 3.8) is 0 Å². The lowest BCUT2D eigenvalue weighted by atomic mass is 9.99. The van der Waals surface area contributed by atoms with Crippen LogP contribution in [-0.2, 0) is 17.8 Å². The number of carbonyl (C=O) groups excluding carboxylic acids is 1. The summed E-state index contributed by atoms with van der Waals surface area (Å²) < 4.78 is 17.0. The number of halogens is 1. The van der Waals surface area contributed by atoms with Crippen molar-refractivity contribution in [3.05, 3.63) is 59.8 Å². The third-order valence-corrected chi connectivity index (χ3v) is 7.65. The van der Waals surface area contributed by atoms with E-state index in [1.54, 1.807) is 22.0 Å². The van der Waals surface area contributed by atoms with Crippen LogP contribution in [0, 0.1) is 12.7 Å². The topological polar surface area (TPSA) is 91.2 Å². The summed E-state index contributed by atoms with van der Waals surface area (Å²) in [5.41, 5.74) is 3.26. The van der Waals surface area contributed by atoms with Crippen molar-refractivity contribution in [2.75, 3.05) is 43.9 Å². The molecule has 0 bridgehead atoms. The Balaban J connectivity index is 1.27. The highest BCUT2D eigenvalue weighted by Gasteiger charge is 2.23. The Kier molecular flexibility index (Phi) is 6.19. The van der Waals surface area contributed by atoms with Crippen LogP contribution in [0.3, 0.4) is 0 Å². The Morgan fingerprint density at radius 1 is 1.00 bits per heavy atom. The number of likely N-dealkylation sites (N-methyl/N-ethyl adjacent to an activating group) is 2. The number of benzene rings is 1. The van der Waals surface area contributed by atoms with E-state index in [0.717, 1.165) is 54.0 Å². The van der Waals surface area contributed by atoms with Crippen molar-refractivity contribution in [3.8, 4) is 11.1 Å². The van der Waals surface area contributed by atoms with Crippen LogP contribution in [-0.4, -0.2) is 70.3 Å². The van der Waals surface area contributed by atoms with Crippen LogP contribution in [0.5, 0.6) is 0 Å². The number of carbonyl (C=O) groups is 1. The molecule has 1 fully saturated rings. The molecule has 0 saturated carbocycles. The molecule has 2 aliphatic heterocycles. The van der Waals surface area contributed by atoms with Gasteiger partial charge in [0.25, 0.3) is 0 Å². The van der Waals surface area contributed by atoms with Gasteiger partial charge in [-0.05, 0) is 55.6 Å². The summed E-state index contributed by atoms with van der Waals surface area (Å²) in [6, 6.07) is 9.72. The molecule has 1 aromatic carbocycles. The summed E-state index contributed by atoms with van der Waals surface area (Å²) in [4.78, 5) is 25.3. The van der Waals surface area contributed by atoms with Crippen molar-refractivity contribution < 1.29 is 9.18 Å². The molecule has 196 valence electrons. The van der Waals surface area contributed by atoms with Crippen molar-refractivity contribution >= 4 is 34.1 Å². The molecule has 9 nitrogen and oxygen atoms in total. The average Bonchev–Trinajstić information content (AvgIpc) is 3.51. The van der Waals surface area contributed by atoms with E-state index in [0.29, 0.717) is 35.2 Å². The fourth-order valence-electron chi connectivity index (χ4n) is 5.28. The Morgan fingerprint density at radius 2 is 1.87 bits per heavy atom. The third kappa shape index (κ3) is 4.56. The lowest BCUT2D eigenvalue weighted by Gasteiger charge is -2.19. The molecule has 10 heteroatoms. The second-order valence-corrected chi connectivity index (χ2v) is 10.2. The Bertz CT molecular complexity index is 1530. The molecule has 1 saturated heterocycles. The predicted molar refractivity (Wildman–Crippen MR) is 146 cm³/mol. The summed E-state index contributed by atoms with van der Waals surface area (Å²) in [6.07, 6.45) is 5.26. The van der Waals surface area contributed by atoms with Gasteiger partial charge in [-0.1, -0.05) is 0 Å². The third-order valence-electron chi connectivity index (χ3n) is 7.65. The maximum Gasteiger partial charge on any atom is 0.244 e. The number of hydrogen-bond donors (Lipinski definition) is 2. The smallest absolute Gasteiger partial charge is 0.244 e. The van der Waals surface area contributed by atoms with Crippen LogP contribution < -0.4 is 15.5 Å². The number of aromatic nitrogens is 4. The summed E-state index contributed by atoms with van der Waals surface area (Å²) in [6.45, 7) is 4.76. The molecule has 3 aromatic heterocycles. The van der Waals surface area contributed by atoms with Crippen LogP contribution in [0.2, 0.25) is 0 Å². The standard InChI is InChI=1S/C28H31FN8O/c1-17-8-27(36-7-4-20(15-36)30-2)32-14-23(17)22-9-18-11-25(31-13-19(18)10-24(22)29)33-26-12-21-5-6-35(3)28(38)16-37(21)34-26/h8-14,20,30H,4-7,15-16H2,1-3H3,(H,31,33,34)/t20-/m1/s1. The van der Waals surface area contributed by atoms with Crippen molar-refractivity contribution in [2.45, 2.75) is 32.4 Å². The second kappa shape index (κ2) is 9.68. The highest BCUT2D eigenvalue weighted by Crippen LogP contribution is 2.32. The minimum atomic E-state index is -0.304. The van der Waals surface area contributed by atoms with E-state index in [4.69, 9.17) is 0 Å². The van der Waals surface area contributed by atoms with Gasteiger partial charge in [0.1, 0.15) is 24.0 Å². The Hall–Kier alpha value is -4.05. The zero-order chi connectivity index (χ0) is 26.4. The molecule has 38 heavy (non-hydrogen) atoms. The van der Waals surface area contributed by atoms with E-state index >= 15 is 4.39 Å². The number of nitrogens with one attached hydrogen (secondary N) is 2. The molecule has 1 atom stereocenters. The molecule has 0 unspecified atom stereocenters. The fourth-order valence-corrected chi connectivity index (χ4v) is 5.28. The van der Waals surface area contributed by atoms with Gasteiger partial charge in [-0.2, -0.15) is 5.10 Å². The normalized spacial score (nSPS) is 17.7. The monoisotopic (exact) mass is 514 g/mol. The average molecular weight is 515 g/mol. The van der Waals surface area contributed by atoms with Crippen LogP contribution in [0.25, 0.3) is 21.9 Å². The van der Waals surface area contributed by atoms with Crippen molar-refractivity contribution in [2.24, 2.45) is 0 Å². The van der Waals surface area contributed by atoms with E-state index in [1.165, 1.54) is 6.07 Å². The van der Waals surface area contributed by atoms with E-state index in [1.807, 2.05) is 45.3 Å². The summed E-state index contributed by atoms with van der Waals surface area (Å²) in [5, 5.41) is 12.7. The minimum absolute atomic E-state index is 0.0391. The predicted octanol–water partition coefficient (Wildman–Crippen LogP) is 3.50. The fraction of sp³-hybridized carbons (Fsp3) is 0.357. The maximum atomic E-state index is 15.2. The first-order valence-corrected chi connectivity index (χ1v) is 12.9. The lowest BCUT2D eigenvalue weighted by Crippen LogP contribution is -2.29. The highest BCUT2D eigenvalue weighted by molar-refractivity contribution is 5.89. The molecular weight excluding hydrogens is 483 g/mol. The number of pyridine rings is 2. The zero-order valence-electron chi connectivity index (χ0n) is 21.8. The lowest BCUT2D eigenvalue weighted by molar-refractivity contribution is -0.130. The quantitative estimate of drug-likeness (QED) is 0.421. The van der Waals surface area contributed by atoms with Gasteiger partial charge in [-0.25, -0.2) is 14.4 Å². The first kappa shape index (κ1) is 24.3. The van der Waals surface area contributed by atoms with Gasteiger partial charge >= 0.3 is 0 Å². The minimum Gasteiger partial charge on any atom is -0.355 e. The van der Waals surface area contributed by atoms with Crippen LogP contribution in [0.15, 0.2) is 42.7 Å². The van der Waals surface area contributed by atoms with Gasteiger partial charge in [-0.3, -0.25) is 9.48 Å². The van der Waals surface area contributed by atoms with Crippen molar-refractivity contribution in [1.29, 1.82) is 0 Å². The molecule has 5 heterocycles. The molecule has 0 spiro atoms. The largest absolute Gasteiger partial charge is 0.355 e. The Morgan fingerprint density at radius 3 is 2.66 bits per heavy atom. The number of fused-ring (bicyclic) bond motifs is 2. The number of aryl methyl sites for hydroxylation is 1. The van der Waals surface area contributed by atoms with E-state index < -0.39 is 0 Å². The van der Waals surface area contributed by atoms with Gasteiger partial charge < -0.3 is 20.4 Å². The second-order valence-electron chi connectivity index (χ2n) is 10.2. The summed E-state index contributed by atoms with van der Waals surface area (Å²) >= 11 is 0. The maximum absolute atomic E-state index is 15.2. The van der Waals surface area contributed by atoms with Crippen molar-refractivity contribution in [1.82, 2.24) is 30.0 Å². The molecule has 1 amide bonds. The number of rotatable bonds is 5.